The van der Waals surface area contributed by atoms with Gasteiger partial charge in [0.1, 0.15) is 6.04 Å². The lowest BCUT2D eigenvalue weighted by Crippen LogP contribution is -2.50. The number of Topliss-reactive ketones (excluding diaryl/α,β-unsaturated/α-hetero) is 1. The van der Waals surface area contributed by atoms with Crippen molar-refractivity contribution >= 4 is 23.5 Å². The van der Waals surface area contributed by atoms with Crippen LogP contribution in [-0.2, 0) is 23.9 Å². The minimum Gasteiger partial charge on any atom is -0.361 e. The largest absolute Gasteiger partial charge is 0.361 e. The van der Waals surface area contributed by atoms with Crippen LogP contribution < -0.4 is 21.3 Å². The summed E-state index contributed by atoms with van der Waals surface area (Å²) in [5.41, 5.74) is 0.573. The van der Waals surface area contributed by atoms with E-state index in [0.717, 1.165) is 68.9 Å². The van der Waals surface area contributed by atoms with Gasteiger partial charge in [-0.3, -0.25) is 24.5 Å². The maximum Gasteiger partial charge on any atom is 0.287 e. The van der Waals surface area contributed by atoms with E-state index in [1.807, 2.05) is 37.8 Å². The van der Waals surface area contributed by atoms with Crippen LogP contribution >= 0.6 is 0 Å². The highest BCUT2D eigenvalue weighted by Crippen LogP contribution is 2.47. The van der Waals surface area contributed by atoms with Gasteiger partial charge in [0, 0.05) is 37.3 Å². The third kappa shape index (κ3) is 12.5. The molecule has 10 nitrogen and oxygen atoms in total. The fourth-order valence-corrected chi connectivity index (χ4v) is 6.88. The molecule has 4 rings (SSSR count). The molecule has 0 aromatic carbocycles. The van der Waals surface area contributed by atoms with Gasteiger partial charge in [-0.2, -0.15) is 0 Å². The molecule has 0 bridgehead atoms. The van der Waals surface area contributed by atoms with E-state index in [1.165, 1.54) is 19.3 Å². The molecular formula is C37H59N5O5. The molecule has 6 unspecified atom stereocenters. The summed E-state index contributed by atoms with van der Waals surface area (Å²) >= 11 is 0. The number of hydrogen-bond acceptors (Lipinski definition) is 7. The lowest BCUT2D eigenvalue weighted by atomic mass is 9.96. The predicted molar refractivity (Wildman–Crippen MR) is 184 cm³/mol. The fraction of sp³-hybridized carbons (Fsp3) is 0.730. The van der Waals surface area contributed by atoms with Crippen LogP contribution in [0.4, 0.5) is 0 Å². The first-order valence-electron chi connectivity index (χ1n) is 18.1. The van der Waals surface area contributed by atoms with E-state index < -0.39 is 23.8 Å². The summed E-state index contributed by atoms with van der Waals surface area (Å²) in [6.45, 7) is 11.7. The average molecular weight is 654 g/mol. The Morgan fingerprint density at radius 2 is 1.66 bits per heavy atom. The van der Waals surface area contributed by atoms with Crippen molar-refractivity contribution in [2.24, 2.45) is 17.8 Å². The summed E-state index contributed by atoms with van der Waals surface area (Å²) in [4.78, 5) is 53.8. The van der Waals surface area contributed by atoms with Gasteiger partial charge >= 0.3 is 0 Å². The van der Waals surface area contributed by atoms with Crippen LogP contribution in [0.1, 0.15) is 104 Å². The van der Waals surface area contributed by atoms with Gasteiger partial charge in [0.25, 0.3) is 5.91 Å². The number of ketones is 1. The van der Waals surface area contributed by atoms with Crippen LogP contribution in [0.25, 0.3) is 0 Å². The molecule has 2 fully saturated rings. The molecule has 47 heavy (non-hydrogen) atoms. The zero-order valence-corrected chi connectivity index (χ0v) is 29.0. The second-order valence-corrected chi connectivity index (χ2v) is 14.9. The Morgan fingerprint density at radius 3 is 2.36 bits per heavy atom. The van der Waals surface area contributed by atoms with Gasteiger partial charge < -0.3 is 25.6 Å². The van der Waals surface area contributed by atoms with Crippen molar-refractivity contribution in [1.29, 1.82) is 0 Å². The number of fused-ring (bicyclic) bond motifs is 2. The number of amides is 3. The molecule has 6 atom stereocenters. The standard InChI is InChI=1S/C37H59N5O5/c1-26-31(40-25-47-37(2,3)4)15-12-10-8-6-5-7-9-11-14-30(41-35(45)32-16-13-19-42(26)32)22-33(43)36(46)39-24-34(44)38-23-27-17-18-28-21-29(28)20-27/h13,16-18,27-32,40H,1,5-12,14-15,19-25H2,2-4H3,(H,38,44)(H,39,46)(H,41,45). The average Bonchev–Trinajstić information content (AvgIpc) is 3.63. The summed E-state index contributed by atoms with van der Waals surface area (Å²) in [5, 5.41) is 12.0. The molecule has 0 radical (unpaired) electrons. The fourth-order valence-electron chi connectivity index (χ4n) is 6.88. The number of rotatable bonds is 10. The maximum absolute atomic E-state index is 13.7. The number of hydrogen-bond donors (Lipinski definition) is 4. The maximum atomic E-state index is 13.7. The van der Waals surface area contributed by atoms with Crippen molar-refractivity contribution in [3.63, 3.8) is 0 Å². The first-order valence-corrected chi connectivity index (χ1v) is 18.1. The van der Waals surface area contributed by atoms with Gasteiger partial charge in [-0.25, -0.2) is 0 Å². The van der Waals surface area contributed by atoms with Gasteiger partial charge in [0.2, 0.25) is 17.6 Å². The van der Waals surface area contributed by atoms with Crippen LogP contribution in [0.3, 0.4) is 0 Å². The van der Waals surface area contributed by atoms with Crippen LogP contribution in [0.5, 0.6) is 0 Å². The van der Waals surface area contributed by atoms with Gasteiger partial charge in [0.15, 0.2) is 0 Å². The van der Waals surface area contributed by atoms with E-state index in [4.69, 9.17) is 4.74 Å². The Hall–Kier alpha value is -2.98. The van der Waals surface area contributed by atoms with E-state index in [2.05, 4.69) is 40.0 Å². The quantitative estimate of drug-likeness (QED) is 0.158. The van der Waals surface area contributed by atoms with Crippen molar-refractivity contribution < 1.29 is 23.9 Å². The van der Waals surface area contributed by atoms with E-state index in [0.29, 0.717) is 32.2 Å². The molecule has 2 heterocycles. The topological polar surface area (TPSA) is 129 Å². The highest BCUT2D eigenvalue weighted by Gasteiger charge is 2.39. The van der Waals surface area contributed by atoms with Crippen molar-refractivity contribution in [3.05, 3.63) is 36.6 Å². The van der Waals surface area contributed by atoms with Gasteiger partial charge in [-0.15, -0.1) is 0 Å². The molecular weight excluding hydrogens is 594 g/mol. The van der Waals surface area contributed by atoms with E-state index in [-0.39, 0.29) is 36.4 Å². The van der Waals surface area contributed by atoms with Crippen LogP contribution in [0.15, 0.2) is 36.6 Å². The first-order chi connectivity index (χ1) is 22.5. The Bertz CT molecular complexity index is 1160. The van der Waals surface area contributed by atoms with Crippen LogP contribution in [-0.4, -0.2) is 78.5 Å². The second kappa shape index (κ2) is 18.0. The minimum atomic E-state index is -0.793. The lowest BCUT2D eigenvalue weighted by molar-refractivity contribution is -0.139. The highest BCUT2D eigenvalue weighted by atomic mass is 16.5. The normalized spacial score (nSPS) is 28.9. The number of nitrogens with one attached hydrogen (secondary N) is 4. The molecule has 0 spiro atoms. The van der Waals surface area contributed by atoms with E-state index in [9.17, 15) is 19.2 Å². The molecule has 1 saturated heterocycles. The summed E-state index contributed by atoms with van der Waals surface area (Å²) in [6, 6.07) is -1.06. The third-order valence-electron chi connectivity index (χ3n) is 9.84. The highest BCUT2D eigenvalue weighted by molar-refractivity contribution is 6.36. The molecule has 2 aliphatic heterocycles. The Kier molecular flexibility index (Phi) is 14.1. The summed E-state index contributed by atoms with van der Waals surface area (Å²) in [5.74, 6) is -0.134. The minimum absolute atomic E-state index is 0.0359. The summed E-state index contributed by atoms with van der Waals surface area (Å²) < 4.78 is 5.95. The molecule has 3 amide bonds. The second-order valence-electron chi connectivity index (χ2n) is 14.9. The Morgan fingerprint density at radius 1 is 0.957 bits per heavy atom. The molecule has 2 aliphatic carbocycles. The lowest BCUT2D eigenvalue weighted by Gasteiger charge is -2.34. The number of carbonyl (C=O) groups excluding carboxylic acids is 4. The number of carbonyl (C=O) groups is 4. The monoisotopic (exact) mass is 653 g/mol. The van der Waals surface area contributed by atoms with Crippen LogP contribution in [0, 0.1) is 17.8 Å². The Labute approximate surface area is 282 Å². The molecule has 0 aromatic rings. The van der Waals surface area contributed by atoms with E-state index >= 15 is 0 Å². The molecule has 4 N–H and O–H groups in total. The van der Waals surface area contributed by atoms with Crippen molar-refractivity contribution in [1.82, 2.24) is 26.2 Å². The zero-order valence-electron chi connectivity index (χ0n) is 29.0. The summed E-state index contributed by atoms with van der Waals surface area (Å²) in [6.07, 6.45) is 20.7. The number of ether oxygens (including phenoxy) is 1. The SMILES string of the molecule is C=C1C(NCOC(C)(C)C)CCCCCCCCCCC(CC(=O)C(=O)NCC(=O)NCC2C=CC3CC3C2)NC(=O)C2C=CCN12. The number of nitrogens with zero attached hydrogens (tertiary/aromatic N) is 1. The Balaban J connectivity index is 1.31. The molecule has 0 aromatic heterocycles. The van der Waals surface area contributed by atoms with Crippen LogP contribution in [0.2, 0.25) is 0 Å². The molecule has 262 valence electrons. The number of allylic oxidation sites excluding steroid dienone is 1. The third-order valence-corrected chi connectivity index (χ3v) is 9.84. The molecule has 1 saturated carbocycles. The molecule has 4 aliphatic rings. The van der Waals surface area contributed by atoms with Crippen molar-refractivity contribution in [2.45, 2.75) is 128 Å². The van der Waals surface area contributed by atoms with Gasteiger partial charge in [-0.05, 0) is 64.2 Å². The van der Waals surface area contributed by atoms with Gasteiger partial charge in [-0.1, -0.05) is 82.2 Å². The molecule has 10 heteroatoms. The summed E-state index contributed by atoms with van der Waals surface area (Å²) in [7, 11) is 0. The van der Waals surface area contributed by atoms with Crippen molar-refractivity contribution in [3.8, 4) is 0 Å². The predicted octanol–water partition coefficient (Wildman–Crippen LogP) is 4.27. The van der Waals surface area contributed by atoms with Crippen molar-refractivity contribution in [2.75, 3.05) is 26.4 Å². The smallest absolute Gasteiger partial charge is 0.287 e. The first kappa shape index (κ1) is 36.8. The van der Waals surface area contributed by atoms with Gasteiger partial charge in [0.05, 0.1) is 18.9 Å². The van der Waals surface area contributed by atoms with E-state index in [1.54, 1.807) is 0 Å². The zero-order chi connectivity index (χ0) is 33.8.